The lowest BCUT2D eigenvalue weighted by Gasteiger charge is -2.19. The molecule has 1 rings (SSSR count). The topological polar surface area (TPSA) is 12.0 Å². The second-order valence-electron chi connectivity index (χ2n) is 4.49. The highest BCUT2D eigenvalue weighted by molar-refractivity contribution is 5.26. The van der Waals surface area contributed by atoms with Gasteiger partial charge in [0.05, 0.1) is 5.56 Å². The summed E-state index contributed by atoms with van der Waals surface area (Å²) in [5, 5.41) is 3.35. The van der Waals surface area contributed by atoms with Crippen molar-refractivity contribution in [1.29, 1.82) is 0 Å². The van der Waals surface area contributed by atoms with Crippen molar-refractivity contribution in [3.63, 3.8) is 0 Å². The molecule has 0 saturated carbocycles. The van der Waals surface area contributed by atoms with Crippen molar-refractivity contribution >= 4 is 0 Å². The molecular formula is C15H20F3N. The third-order valence-electron chi connectivity index (χ3n) is 2.94. The van der Waals surface area contributed by atoms with Crippen LogP contribution in [0.2, 0.25) is 0 Å². The Bertz CT molecular complexity index is 381. The molecule has 0 saturated heterocycles. The monoisotopic (exact) mass is 271 g/mol. The van der Waals surface area contributed by atoms with Crippen molar-refractivity contribution in [3.8, 4) is 0 Å². The number of nitrogens with one attached hydrogen (secondary N) is 1. The summed E-state index contributed by atoms with van der Waals surface area (Å²) in [6.45, 7) is 6.59. The van der Waals surface area contributed by atoms with Gasteiger partial charge in [0.15, 0.2) is 0 Å². The van der Waals surface area contributed by atoms with Gasteiger partial charge < -0.3 is 5.32 Å². The van der Waals surface area contributed by atoms with Crippen molar-refractivity contribution in [2.75, 3.05) is 6.54 Å². The van der Waals surface area contributed by atoms with Crippen LogP contribution in [-0.4, -0.2) is 6.54 Å². The van der Waals surface area contributed by atoms with E-state index >= 15 is 0 Å². The zero-order chi connectivity index (χ0) is 14.3. The van der Waals surface area contributed by atoms with Gasteiger partial charge in [0.1, 0.15) is 0 Å². The zero-order valence-electron chi connectivity index (χ0n) is 11.1. The second-order valence-corrected chi connectivity index (χ2v) is 4.49. The Morgan fingerprint density at radius 1 is 1.26 bits per heavy atom. The maximum absolute atomic E-state index is 12.5. The van der Waals surface area contributed by atoms with Gasteiger partial charge in [-0.05, 0) is 43.5 Å². The van der Waals surface area contributed by atoms with E-state index in [0.717, 1.165) is 43.5 Å². The van der Waals surface area contributed by atoms with Crippen molar-refractivity contribution in [3.05, 3.63) is 48.0 Å². The van der Waals surface area contributed by atoms with Crippen molar-refractivity contribution in [1.82, 2.24) is 5.32 Å². The molecular weight excluding hydrogens is 251 g/mol. The fourth-order valence-corrected chi connectivity index (χ4v) is 1.89. The van der Waals surface area contributed by atoms with Crippen LogP contribution >= 0.6 is 0 Å². The predicted octanol–water partition coefficient (Wildman–Crippen LogP) is 4.71. The highest BCUT2D eigenvalue weighted by atomic mass is 19.4. The van der Waals surface area contributed by atoms with Gasteiger partial charge in [0, 0.05) is 6.04 Å². The highest BCUT2D eigenvalue weighted by Crippen LogP contribution is 2.30. The Labute approximate surface area is 112 Å². The number of halogens is 3. The minimum atomic E-state index is -4.27. The standard InChI is InChI=1S/C15H20F3N/c1-3-5-6-14(19-11-4-2)12-7-9-13(10-8-12)15(16,17)18/h3,7-10,14,19H,1,4-6,11H2,2H3. The molecule has 0 spiro atoms. The lowest BCUT2D eigenvalue weighted by molar-refractivity contribution is -0.137. The van der Waals surface area contributed by atoms with Gasteiger partial charge >= 0.3 is 6.18 Å². The number of hydrogen-bond acceptors (Lipinski definition) is 1. The van der Waals surface area contributed by atoms with E-state index in [4.69, 9.17) is 0 Å². The van der Waals surface area contributed by atoms with Gasteiger partial charge in [0.25, 0.3) is 0 Å². The molecule has 1 N–H and O–H groups in total. The molecule has 0 aliphatic carbocycles. The maximum atomic E-state index is 12.5. The maximum Gasteiger partial charge on any atom is 0.416 e. The van der Waals surface area contributed by atoms with Crippen LogP contribution in [0, 0.1) is 0 Å². The Kier molecular flexibility index (Phi) is 6.09. The SMILES string of the molecule is C=CCCC(NCCC)c1ccc(C(F)(F)F)cc1. The van der Waals surface area contributed by atoms with Gasteiger partial charge in [-0.3, -0.25) is 0 Å². The minimum absolute atomic E-state index is 0.0835. The van der Waals surface area contributed by atoms with Crippen LogP contribution in [0.4, 0.5) is 13.2 Å². The van der Waals surface area contributed by atoms with Crippen LogP contribution in [0.3, 0.4) is 0 Å². The minimum Gasteiger partial charge on any atom is -0.310 e. The first-order chi connectivity index (χ1) is 8.99. The van der Waals surface area contributed by atoms with E-state index in [-0.39, 0.29) is 6.04 Å². The van der Waals surface area contributed by atoms with Crippen LogP contribution in [0.25, 0.3) is 0 Å². The van der Waals surface area contributed by atoms with Gasteiger partial charge in [-0.15, -0.1) is 6.58 Å². The van der Waals surface area contributed by atoms with Crippen molar-refractivity contribution in [2.24, 2.45) is 0 Å². The summed E-state index contributed by atoms with van der Waals surface area (Å²) >= 11 is 0. The van der Waals surface area contributed by atoms with Crippen LogP contribution in [0.5, 0.6) is 0 Å². The number of hydrogen-bond donors (Lipinski definition) is 1. The quantitative estimate of drug-likeness (QED) is 0.708. The summed E-state index contributed by atoms with van der Waals surface area (Å²) in [6.07, 6.45) is 0.221. The first-order valence-electron chi connectivity index (χ1n) is 6.50. The molecule has 19 heavy (non-hydrogen) atoms. The molecule has 1 atom stereocenters. The molecule has 0 amide bonds. The summed E-state index contributed by atoms with van der Waals surface area (Å²) < 4.78 is 37.5. The fraction of sp³-hybridized carbons (Fsp3) is 0.467. The smallest absolute Gasteiger partial charge is 0.310 e. The summed E-state index contributed by atoms with van der Waals surface area (Å²) in [6, 6.07) is 5.48. The third kappa shape index (κ3) is 5.07. The van der Waals surface area contributed by atoms with Crippen LogP contribution in [0.15, 0.2) is 36.9 Å². The molecule has 0 fully saturated rings. The normalized spacial score (nSPS) is 13.3. The first-order valence-corrected chi connectivity index (χ1v) is 6.50. The molecule has 4 heteroatoms. The van der Waals surface area contributed by atoms with E-state index in [9.17, 15) is 13.2 Å². The molecule has 1 nitrogen and oxygen atoms in total. The number of benzene rings is 1. The van der Waals surface area contributed by atoms with E-state index in [1.807, 2.05) is 6.08 Å². The van der Waals surface area contributed by atoms with Gasteiger partial charge in [-0.2, -0.15) is 13.2 Å². The summed E-state index contributed by atoms with van der Waals surface area (Å²) in [5.74, 6) is 0. The van der Waals surface area contributed by atoms with Crippen LogP contribution in [-0.2, 0) is 6.18 Å². The van der Waals surface area contributed by atoms with E-state index in [2.05, 4.69) is 18.8 Å². The molecule has 106 valence electrons. The van der Waals surface area contributed by atoms with Crippen molar-refractivity contribution in [2.45, 2.75) is 38.4 Å². The van der Waals surface area contributed by atoms with E-state index < -0.39 is 11.7 Å². The predicted molar refractivity (Wildman–Crippen MR) is 71.9 cm³/mol. The molecule has 1 unspecified atom stereocenters. The largest absolute Gasteiger partial charge is 0.416 e. The van der Waals surface area contributed by atoms with Crippen LogP contribution in [0.1, 0.15) is 43.4 Å². The average molecular weight is 271 g/mol. The molecule has 0 aliphatic heterocycles. The zero-order valence-corrected chi connectivity index (χ0v) is 11.1. The fourth-order valence-electron chi connectivity index (χ4n) is 1.89. The molecule has 0 radical (unpaired) electrons. The van der Waals surface area contributed by atoms with E-state index in [1.165, 1.54) is 0 Å². The molecule has 0 aromatic heterocycles. The Hall–Kier alpha value is -1.29. The van der Waals surface area contributed by atoms with Crippen molar-refractivity contribution < 1.29 is 13.2 Å². The van der Waals surface area contributed by atoms with Gasteiger partial charge in [-0.1, -0.05) is 25.1 Å². The first kappa shape index (κ1) is 15.8. The number of alkyl halides is 3. The Balaban J connectivity index is 2.80. The second kappa shape index (κ2) is 7.34. The van der Waals surface area contributed by atoms with Gasteiger partial charge in [-0.25, -0.2) is 0 Å². The van der Waals surface area contributed by atoms with E-state index in [0.29, 0.717) is 0 Å². The Morgan fingerprint density at radius 3 is 2.37 bits per heavy atom. The van der Waals surface area contributed by atoms with E-state index in [1.54, 1.807) is 12.1 Å². The molecule has 0 aliphatic rings. The summed E-state index contributed by atoms with van der Waals surface area (Å²) in [5.41, 5.74) is 0.289. The molecule has 0 heterocycles. The van der Waals surface area contributed by atoms with Crippen LogP contribution < -0.4 is 5.32 Å². The highest BCUT2D eigenvalue weighted by Gasteiger charge is 2.30. The summed E-state index contributed by atoms with van der Waals surface area (Å²) in [7, 11) is 0. The third-order valence-corrected chi connectivity index (χ3v) is 2.94. The molecule has 0 bridgehead atoms. The molecule has 1 aromatic rings. The average Bonchev–Trinajstić information content (AvgIpc) is 2.38. The Morgan fingerprint density at radius 2 is 1.89 bits per heavy atom. The number of rotatable bonds is 7. The lowest BCUT2D eigenvalue weighted by Crippen LogP contribution is -2.22. The summed E-state index contributed by atoms with van der Waals surface area (Å²) in [4.78, 5) is 0. The number of allylic oxidation sites excluding steroid dienone is 1. The van der Waals surface area contributed by atoms with Gasteiger partial charge in [0.2, 0.25) is 0 Å². The lowest BCUT2D eigenvalue weighted by atomic mass is 10.00. The molecule has 1 aromatic carbocycles.